The van der Waals surface area contributed by atoms with Gasteiger partial charge in [0.25, 0.3) is 16.1 Å². The molecular weight excluding hydrogens is 308 g/mol. The first-order chi connectivity index (χ1) is 10.6. The predicted molar refractivity (Wildman–Crippen MR) is 78.0 cm³/mol. The van der Waals surface area contributed by atoms with Gasteiger partial charge in [0.2, 0.25) is 0 Å². The summed E-state index contributed by atoms with van der Waals surface area (Å²) in [5.74, 6) is 0.769. The highest BCUT2D eigenvalue weighted by Gasteiger charge is 2.26. The van der Waals surface area contributed by atoms with Crippen molar-refractivity contribution in [2.75, 3.05) is 19.7 Å². The van der Waals surface area contributed by atoms with Gasteiger partial charge in [0, 0.05) is 19.7 Å². The van der Waals surface area contributed by atoms with Crippen LogP contribution < -0.4 is 4.72 Å². The molecule has 8 nitrogen and oxygen atoms in total. The van der Waals surface area contributed by atoms with Crippen molar-refractivity contribution in [3.05, 3.63) is 11.7 Å². The Kier molecular flexibility index (Phi) is 5.07. The fourth-order valence-electron chi connectivity index (χ4n) is 2.77. The molecule has 2 aliphatic heterocycles. The summed E-state index contributed by atoms with van der Waals surface area (Å²) in [4.78, 5) is 4.21. The van der Waals surface area contributed by atoms with Crippen molar-refractivity contribution in [2.45, 2.75) is 51.2 Å². The van der Waals surface area contributed by atoms with E-state index in [0.717, 1.165) is 38.5 Å². The second kappa shape index (κ2) is 7.03. The van der Waals surface area contributed by atoms with Crippen LogP contribution in [0.5, 0.6) is 0 Å². The molecule has 0 saturated carbocycles. The van der Waals surface area contributed by atoms with Gasteiger partial charge in [-0.25, -0.2) is 0 Å². The van der Waals surface area contributed by atoms with Crippen LogP contribution in [0.4, 0.5) is 0 Å². The largest absolute Gasteiger partial charge is 0.368 e. The average molecular weight is 330 g/mol. The molecule has 9 heteroatoms. The van der Waals surface area contributed by atoms with Crippen LogP contribution in [0.15, 0.2) is 4.52 Å². The Labute approximate surface area is 130 Å². The van der Waals surface area contributed by atoms with Gasteiger partial charge in [-0.05, 0) is 25.7 Å². The van der Waals surface area contributed by atoms with Gasteiger partial charge >= 0.3 is 0 Å². The third kappa shape index (κ3) is 3.83. The summed E-state index contributed by atoms with van der Waals surface area (Å²) < 4.78 is 39.2. The molecular formula is C13H22N4O4S. The van der Waals surface area contributed by atoms with E-state index in [4.69, 9.17) is 9.26 Å². The zero-order valence-electron chi connectivity index (χ0n) is 12.5. The van der Waals surface area contributed by atoms with Crippen molar-refractivity contribution >= 4 is 10.2 Å². The molecule has 1 unspecified atom stereocenters. The van der Waals surface area contributed by atoms with E-state index in [2.05, 4.69) is 14.9 Å². The third-order valence-electron chi connectivity index (χ3n) is 4.01. The molecule has 1 atom stereocenters. The maximum atomic E-state index is 12.3. The van der Waals surface area contributed by atoms with Crippen molar-refractivity contribution in [3.63, 3.8) is 0 Å². The van der Waals surface area contributed by atoms with Crippen LogP contribution in [-0.4, -0.2) is 42.6 Å². The highest BCUT2D eigenvalue weighted by atomic mass is 32.2. The Hall–Kier alpha value is -1.03. The fraction of sp³-hybridized carbons (Fsp3) is 0.846. The van der Waals surface area contributed by atoms with Gasteiger partial charge < -0.3 is 9.26 Å². The lowest BCUT2D eigenvalue weighted by atomic mass is 10.2. The molecule has 0 spiro atoms. The van der Waals surface area contributed by atoms with E-state index in [-0.39, 0.29) is 12.6 Å². The van der Waals surface area contributed by atoms with Crippen LogP contribution in [-0.2, 0) is 21.5 Å². The van der Waals surface area contributed by atoms with Crippen molar-refractivity contribution in [1.29, 1.82) is 0 Å². The van der Waals surface area contributed by atoms with Crippen molar-refractivity contribution in [1.82, 2.24) is 19.2 Å². The predicted octanol–water partition coefficient (Wildman–Crippen LogP) is 1.13. The highest BCUT2D eigenvalue weighted by Crippen LogP contribution is 2.26. The molecule has 1 N–H and O–H groups in total. The fourth-order valence-corrected chi connectivity index (χ4v) is 4.00. The van der Waals surface area contributed by atoms with Gasteiger partial charge in [0.15, 0.2) is 5.82 Å². The summed E-state index contributed by atoms with van der Waals surface area (Å²) in [5.41, 5.74) is 0. The van der Waals surface area contributed by atoms with Crippen LogP contribution in [0.1, 0.15) is 56.3 Å². The number of rotatable bonds is 5. The lowest BCUT2D eigenvalue weighted by Gasteiger charge is -2.19. The van der Waals surface area contributed by atoms with E-state index in [1.807, 2.05) is 0 Å². The van der Waals surface area contributed by atoms with Gasteiger partial charge in [-0.15, -0.1) is 0 Å². The normalized spacial score (nSPS) is 24.5. The summed E-state index contributed by atoms with van der Waals surface area (Å²) in [6.07, 6.45) is 5.68. The topological polar surface area (TPSA) is 97.6 Å². The van der Waals surface area contributed by atoms with E-state index in [9.17, 15) is 8.42 Å². The van der Waals surface area contributed by atoms with Crippen LogP contribution in [0.2, 0.25) is 0 Å². The zero-order chi connectivity index (χ0) is 15.4. The molecule has 1 aromatic rings. The summed E-state index contributed by atoms with van der Waals surface area (Å²) >= 11 is 0. The lowest BCUT2D eigenvalue weighted by Crippen LogP contribution is -2.41. The van der Waals surface area contributed by atoms with Crippen molar-refractivity contribution < 1.29 is 17.7 Å². The van der Waals surface area contributed by atoms with E-state index in [1.54, 1.807) is 0 Å². The first-order valence-corrected chi connectivity index (χ1v) is 9.28. The molecule has 0 bridgehead atoms. The second-order valence-corrected chi connectivity index (χ2v) is 7.45. The standard InChI is InChI=1S/C13H22N4O4S/c18-22(19,17-7-3-1-2-4-8-17)14-10-12-15-13(21-16-12)11-6-5-9-20-11/h11,14H,1-10H2. The molecule has 2 saturated heterocycles. The minimum absolute atomic E-state index is 0.0368. The van der Waals surface area contributed by atoms with E-state index in [1.165, 1.54) is 4.31 Å². The highest BCUT2D eigenvalue weighted by molar-refractivity contribution is 7.87. The van der Waals surface area contributed by atoms with Gasteiger partial charge in [-0.3, -0.25) is 0 Å². The van der Waals surface area contributed by atoms with E-state index >= 15 is 0 Å². The Morgan fingerprint density at radius 1 is 1.18 bits per heavy atom. The lowest BCUT2D eigenvalue weighted by molar-refractivity contribution is 0.0835. The van der Waals surface area contributed by atoms with Crippen LogP contribution in [0.25, 0.3) is 0 Å². The second-order valence-electron chi connectivity index (χ2n) is 5.69. The molecule has 3 heterocycles. The third-order valence-corrected chi connectivity index (χ3v) is 5.56. The summed E-state index contributed by atoms with van der Waals surface area (Å²) in [6, 6.07) is 0. The molecule has 3 rings (SSSR count). The van der Waals surface area contributed by atoms with Crippen molar-refractivity contribution in [3.8, 4) is 0 Å². The molecule has 22 heavy (non-hydrogen) atoms. The van der Waals surface area contributed by atoms with Crippen LogP contribution >= 0.6 is 0 Å². The number of aromatic nitrogens is 2. The first kappa shape index (κ1) is 15.9. The average Bonchev–Trinajstić information content (AvgIpc) is 3.11. The Morgan fingerprint density at radius 3 is 2.64 bits per heavy atom. The number of nitrogens with zero attached hydrogens (tertiary/aromatic N) is 3. The summed E-state index contributed by atoms with van der Waals surface area (Å²) in [5, 5.41) is 3.82. The van der Waals surface area contributed by atoms with Gasteiger partial charge in [0.1, 0.15) is 6.10 Å². The molecule has 0 aromatic carbocycles. The number of hydrogen-bond donors (Lipinski definition) is 1. The molecule has 1 aromatic heterocycles. The molecule has 0 radical (unpaired) electrons. The monoisotopic (exact) mass is 330 g/mol. The molecule has 0 amide bonds. The Bertz CT molecular complexity index is 575. The minimum Gasteiger partial charge on any atom is -0.368 e. The first-order valence-electron chi connectivity index (χ1n) is 7.84. The number of hydrogen-bond acceptors (Lipinski definition) is 6. The number of ether oxygens (including phenoxy) is 1. The van der Waals surface area contributed by atoms with Gasteiger partial charge in [-0.2, -0.15) is 22.4 Å². The number of nitrogens with one attached hydrogen (secondary N) is 1. The Morgan fingerprint density at radius 2 is 1.95 bits per heavy atom. The summed E-state index contributed by atoms with van der Waals surface area (Å²) in [6.45, 7) is 1.88. The smallest absolute Gasteiger partial charge is 0.279 e. The van der Waals surface area contributed by atoms with Gasteiger partial charge in [0.05, 0.1) is 6.54 Å². The SMILES string of the molecule is O=S(=O)(NCc1noc(C2CCCO2)n1)N1CCCCCC1. The Balaban J connectivity index is 1.56. The maximum Gasteiger partial charge on any atom is 0.279 e. The molecule has 124 valence electrons. The maximum absolute atomic E-state index is 12.3. The molecule has 2 fully saturated rings. The van der Waals surface area contributed by atoms with E-state index < -0.39 is 10.2 Å². The summed E-state index contributed by atoms with van der Waals surface area (Å²) in [7, 11) is -3.48. The quantitative estimate of drug-likeness (QED) is 0.869. The molecule has 0 aliphatic carbocycles. The molecule has 2 aliphatic rings. The zero-order valence-corrected chi connectivity index (χ0v) is 13.3. The van der Waals surface area contributed by atoms with Crippen molar-refractivity contribution in [2.24, 2.45) is 0 Å². The van der Waals surface area contributed by atoms with Crippen LogP contribution in [0, 0.1) is 0 Å². The van der Waals surface area contributed by atoms with Crippen LogP contribution in [0.3, 0.4) is 0 Å². The van der Waals surface area contributed by atoms with E-state index in [0.29, 0.717) is 31.4 Å². The van der Waals surface area contributed by atoms with Gasteiger partial charge in [-0.1, -0.05) is 18.0 Å². The minimum atomic E-state index is -3.48.